The van der Waals surface area contributed by atoms with Crippen LogP contribution in [-0.4, -0.2) is 12.6 Å². The Bertz CT molecular complexity index is 854. The maximum atomic E-state index is 12.3. The number of esters is 1. The third-order valence-electron chi connectivity index (χ3n) is 3.92. The van der Waals surface area contributed by atoms with Gasteiger partial charge in [-0.2, -0.15) is 0 Å². The lowest BCUT2D eigenvalue weighted by molar-refractivity contribution is 0.0528. The Morgan fingerprint density at radius 1 is 0.958 bits per heavy atom. The second kappa shape index (κ2) is 7.18. The predicted molar refractivity (Wildman–Crippen MR) is 95.4 cm³/mol. The highest BCUT2D eigenvalue weighted by Gasteiger charge is 2.17. The summed E-state index contributed by atoms with van der Waals surface area (Å²) in [6, 6.07) is 19.7. The van der Waals surface area contributed by atoms with E-state index in [1.807, 2.05) is 74.5 Å². The van der Waals surface area contributed by atoms with Crippen molar-refractivity contribution < 1.29 is 14.3 Å². The van der Waals surface area contributed by atoms with Crippen LogP contribution in [0.4, 0.5) is 0 Å². The lowest BCUT2D eigenvalue weighted by atomic mass is 9.99. The van der Waals surface area contributed by atoms with Gasteiger partial charge in [-0.15, -0.1) is 0 Å². The van der Waals surface area contributed by atoms with Crippen molar-refractivity contribution in [3.8, 4) is 5.75 Å². The van der Waals surface area contributed by atoms with Crippen LogP contribution in [0.3, 0.4) is 0 Å². The molecule has 3 aromatic carbocycles. The number of carbonyl (C=O) groups is 1. The summed E-state index contributed by atoms with van der Waals surface area (Å²) in [6.07, 6.45) is 0. The van der Waals surface area contributed by atoms with E-state index in [4.69, 9.17) is 9.47 Å². The topological polar surface area (TPSA) is 35.5 Å². The van der Waals surface area contributed by atoms with Gasteiger partial charge in [0.2, 0.25) is 0 Å². The molecule has 3 heteroatoms. The molecule has 0 bridgehead atoms. The zero-order valence-corrected chi connectivity index (χ0v) is 13.9. The molecule has 3 nitrogen and oxygen atoms in total. The number of hydrogen-bond donors (Lipinski definition) is 0. The van der Waals surface area contributed by atoms with Gasteiger partial charge in [-0.1, -0.05) is 54.6 Å². The average Bonchev–Trinajstić information content (AvgIpc) is 2.60. The molecule has 24 heavy (non-hydrogen) atoms. The molecule has 0 N–H and O–H groups in total. The summed E-state index contributed by atoms with van der Waals surface area (Å²) in [6.45, 7) is 4.57. The van der Waals surface area contributed by atoms with E-state index in [9.17, 15) is 4.79 Å². The molecule has 0 radical (unpaired) electrons. The Morgan fingerprint density at radius 2 is 1.62 bits per heavy atom. The van der Waals surface area contributed by atoms with E-state index in [-0.39, 0.29) is 5.97 Å². The first-order valence-electron chi connectivity index (χ1n) is 8.07. The van der Waals surface area contributed by atoms with Crippen LogP contribution in [-0.2, 0) is 11.3 Å². The van der Waals surface area contributed by atoms with E-state index in [0.717, 1.165) is 27.6 Å². The third-order valence-corrected chi connectivity index (χ3v) is 3.92. The molecule has 0 saturated heterocycles. The normalized spacial score (nSPS) is 10.6. The third kappa shape index (κ3) is 3.25. The van der Waals surface area contributed by atoms with E-state index in [1.54, 1.807) is 0 Å². The molecule has 0 aliphatic rings. The Balaban J connectivity index is 2.01. The van der Waals surface area contributed by atoms with Gasteiger partial charge in [-0.25, -0.2) is 4.79 Å². The number of rotatable bonds is 5. The van der Waals surface area contributed by atoms with Crippen molar-refractivity contribution in [2.24, 2.45) is 0 Å². The first-order valence-corrected chi connectivity index (χ1v) is 8.07. The van der Waals surface area contributed by atoms with Crippen LogP contribution in [0.2, 0.25) is 0 Å². The van der Waals surface area contributed by atoms with Crippen LogP contribution in [0.1, 0.15) is 28.4 Å². The molecule has 122 valence electrons. The van der Waals surface area contributed by atoms with Crippen molar-refractivity contribution in [1.29, 1.82) is 0 Å². The molecule has 3 rings (SSSR count). The largest absolute Gasteiger partial charge is 0.488 e. The highest BCUT2D eigenvalue weighted by atomic mass is 16.5. The monoisotopic (exact) mass is 320 g/mol. The van der Waals surface area contributed by atoms with Gasteiger partial charge < -0.3 is 9.47 Å². The van der Waals surface area contributed by atoms with Crippen molar-refractivity contribution in [3.05, 3.63) is 77.4 Å². The van der Waals surface area contributed by atoms with E-state index in [0.29, 0.717) is 18.8 Å². The maximum absolute atomic E-state index is 12.3. The lowest BCUT2D eigenvalue weighted by Crippen LogP contribution is -2.08. The Hall–Kier alpha value is -2.81. The quantitative estimate of drug-likeness (QED) is 0.627. The van der Waals surface area contributed by atoms with Gasteiger partial charge in [0.25, 0.3) is 0 Å². The van der Waals surface area contributed by atoms with E-state index >= 15 is 0 Å². The van der Waals surface area contributed by atoms with Crippen molar-refractivity contribution >= 4 is 16.7 Å². The van der Waals surface area contributed by atoms with Gasteiger partial charge in [0, 0.05) is 10.8 Å². The van der Waals surface area contributed by atoms with Crippen LogP contribution >= 0.6 is 0 Å². The Morgan fingerprint density at radius 3 is 2.33 bits per heavy atom. The molecular weight excluding hydrogens is 300 g/mol. The van der Waals surface area contributed by atoms with Gasteiger partial charge in [-0.05, 0) is 31.0 Å². The molecule has 0 aromatic heterocycles. The number of ether oxygens (including phenoxy) is 2. The summed E-state index contributed by atoms with van der Waals surface area (Å²) in [4.78, 5) is 12.3. The standard InChI is InChI=1S/C21H20O3/c1-3-23-21(22)20-15(2)13-19(17-11-7-8-12-18(17)20)24-14-16-9-5-4-6-10-16/h4-13H,3,14H2,1-2H3. The summed E-state index contributed by atoms with van der Waals surface area (Å²) in [5.41, 5.74) is 2.57. The zero-order valence-electron chi connectivity index (χ0n) is 13.9. The fourth-order valence-electron chi connectivity index (χ4n) is 2.80. The molecule has 0 fully saturated rings. The average molecular weight is 320 g/mol. The SMILES string of the molecule is CCOC(=O)c1c(C)cc(OCc2ccccc2)c2ccccc12. The molecule has 0 aliphatic heterocycles. The molecule has 0 saturated carbocycles. The molecular formula is C21H20O3. The summed E-state index contributed by atoms with van der Waals surface area (Å²) >= 11 is 0. The molecule has 0 unspecified atom stereocenters. The summed E-state index contributed by atoms with van der Waals surface area (Å²) in [7, 11) is 0. The van der Waals surface area contributed by atoms with Crippen molar-refractivity contribution in [2.45, 2.75) is 20.5 Å². The summed E-state index contributed by atoms with van der Waals surface area (Å²) in [5.74, 6) is 0.487. The smallest absolute Gasteiger partial charge is 0.339 e. The first-order chi connectivity index (χ1) is 11.7. The Kier molecular flexibility index (Phi) is 4.80. The Labute approximate surface area is 141 Å². The molecule has 0 aliphatic carbocycles. The molecule has 0 spiro atoms. The molecule has 0 amide bonds. The van der Waals surface area contributed by atoms with Crippen molar-refractivity contribution in [3.63, 3.8) is 0 Å². The van der Waals surface area contributed by atoms with Crippen LogP contribution in [0.15, 0.2) is 60.7 Å². The van der Waals surface area contributed by atoms with Crippen LogP contribution in [0.5, 0.6) is 5.75 Å². The lowest BCUT2D eigenvalue weighted by Gasteiger charge is -2.15. The minimum atomic E-state index is -0.291. The highest BCUT2D eigenvalue weighted by Crippen LogP contribution is 2.32. The van der Waals surface area contributed by atoms with Gasteiger partial charge in [0.15, 0.2) is 0 Å². The second-order valence-corrected chi connectivity index (χ2v) is 5.61. The first kappa shape index (κ1) is 16.1. The van der Waals surface area contributed by atoms with Gasteiger partial charge >= 0.3 is 5.97 Å². The highest BCUT2D eigenvalue weighted by molar-refractivity contribution is 6.07. The number of aryl methyl sites for hydroxylation is 1. The van der Waals surface area contributed by atoms with Crippen molar-refractivity contribution in [2.75, 3.05) is 6.61 Å². The minimum absolute atomic E-state index is 0.291. The minimum Gasteiger partial charge on any atom is -0.488 e. The zero-order chi connectivity index (χ0) is 16.9. The fraction of sp³-hybridized carbons (Fsp3) is 0.190. The molecule has 0 heterocycles. The van der Waals surface area contributed by atoms with Crippen molar-refractivity contribution in [1.82, 2.24) is 0 Å². The summed E-state index contributed by atoms with van der Waals surface area (Å²) < 4.78 is 11.2. The van der Waals surface area contributed by atoms with Gasteiger partial charge in [-0.3, -0.25) is 0 Å². The van der Waals surface area contributed by atoms with E-state index in [1.165, 1.54) is 0 Å². The molecule has 3 aromatic rings. The summed E-state index contributed by atoms with van der Waals surface area (Å²) in [5, 5.41) is 1.78. The molecule has 0 atom stereocenters. The number of fused-ring (bicyclic) bond motifs is 1. The fourth-order valence-corrected chi connectivity index (χ4v) is 2.80. The van der Waals surface area contributed by atoms with E-state index < -0.39 is 0 Å². The second-order valence-electron chi connectivity index (χ2n) is 5.61. The number of hydrogen-bond acceptors (Lipinski definition) is 3. The predicted octanol–water partition coefficient (Wildman–Crippen LogP) is 4.90. The van der Waals surface area contributed by atoms with Gasteiger partial charge in [0.1, 0.15) is 12.4 Å². The van der Waals surface area contributed by atoms with Crippen LogP contribution in [0.25, 0.3) is 10.8 Å². The van der Waals surface area contributed by atoms with E-state index in [2.05, 4.69) is 0 Å². The van der Waals surface area contributed by atoms with Crippen LogP contribution < -0.4 is 4.74 Å². The number of carbonyl (C=O) groups excluding carboxylic acids is 1. The van der Waals surface area contributed by atoms with Crippen LogP contribution in [0, 0.1) is 6.92 Å². The van der Waals surface area contributed by atoms with Gasteiger partial charge in [0.05, 0.1) is 12.2 Å². The maximum Gasteiger partial charge on any atom is 0.339 e. The number of benzene rings is 3.